The van der Waals surface area contributed by atoms with E-state index in [0.717, 1.165) is 38.2 Å². The van der Waals surface area contributed by atoms with Crippen molar-refractivity contribution in [3.63, 3.8) is 0 Å². The summed E-state index contributed by atoms with van der Waals surface area (Å²) in [7, 11) is 2.09. The minimum atomic E-state index is -0.709. The van der Waals surface area contributed by atoms with Gasteiger partial charge in [0, 0.05) is 26.2 Å². The third-order valence-electron chi connectivity index (χ3n) is 4.53. The smallest absolute Gasteiger partial charge is 0.321 e. The van der Waals surface area contributed by atoms with Gasteiger partial charge in [-0.15, -0.1) is 0 Å². The van der Waals surface area contributed by atoms with E-state index in [1.54, 1.807) is 0 Å². The van der Waals surface area contributed by atoms with Crippen molar-refractivity contribution >= 4 is 5.97 Å². The Morgan fingerprint density at radius 3 is 2.27 bits per heavy atom. The van der Waals surface area contributed by atoms with Crippen molar-refractivity contribution in [1.82, 2.24) is 9.80 Å². The van der Waals surface area contributed by atoms with E-state index in [4.69, 9.17) is 0 Å². The summed E-state index contributed by atoms with van der Waals surface area (Å²) < 4.78 is 0. The van der Waals surface area contributed by atoms with Crippen molar-refractivity contribution in [2.45, 2.75) is 38.6 Å². The number of piperazine rings is 1. The fraction of sp³-hybridized carbons (Fsp3) is 0.611. The summed E-state index contributed by atoms with van der Waals surface area (Å²) >= 11 is 0. The van der Waals surface area contributed by atoms with Crippen LogP contribution in [-0.4, -0.2) is 60.1 Å². The molecule has 1 aliphatic heterocycles. The summed E-state index contributed by atoms with van der Waals surface area (Å²) in [6.45, 7) is 5.76. The Labute approximate surface area is 133 Å². The van der Waals surface area contributed by atoms with Crippen LogP contribution in [0.25, 0.3) is 0 Å². The Bertz CT molecular complexity index is 464. The maximum absolute atomic E-state index is 11.6. The van der Waals surface area contributed by atoms with Gasteiger partial charge in [0.15, 0.2) is 0 Å². The minimum Gasteiger partial charge on any atom is -0.480 e. The van der Waals surface area contributed by atoms with Gasteiger partial charge in [-0.05, 0) is 37.4 Å². The second kappa shape index (κ2) is 8.30. The van der Waals surface area contributed by atoms with Gasteiger partial charge in [-0.2, -0.15) is 0 Å². The van der Waals surface area contributed by atoms with Crippen LogP contribution in [0.4, 0.5) is 0 Å². The number of rotatable bonds is 7. The van der Waals surface area contributed by atoms with E-state index in [0.29, 0.717) is 6.42 Å². The molecule has 1 N–H and O–H groups in total. The predicted octanol–water partition coefficient (Wildman–Crippen LogP) is 2.27. The summed E-state index contributed by atoms with van der Waals surface area (Å²) in [5.41, 5.74) is 2.46. The molecule has 122 valence electrons. The first-order chi connectivity index (χ1) is 10.6. The molecule has 1 atom stereocenters. The number of carboxylic acids is 1. The quantitative estimate of drug-likeness (QED) is 0.839. The molecule has 1 aliphatic rings. The number of unbranched alkanes of at least 4 members (excludes halogenated alkanes) is 1. The van der Waals surface area contributed by atoms with Crippen molar-refractivity contribution in [2.75, 3.05) is 33.2 Å². The van der Waals surface area contributed by atoms with Crippen molar-refractivity contribution in [3.05, 3.63) is 35.4 Å². The zero-order chi connectivity index (χ0) is 15.9. The van der Waals surface area contributed by atoms with Crippen LogP contribution in [0.15, 0.2) is 24.3 Å². The maximum Gasteiger partial charge on any atom is 0.321 e. The molecule has 0 unspecified atom stereocenters. The average Bonchev–Trinajstić information content (AvgIpc) is 2.52. The summed E-state index contributed by atoms with van der Waals surface area (Å²) in [6, 6.07) is 8.07. The fourth-order valence-corrected chi connectivity index (χ4v) is 2.95. The molecule has 4 heteroatoms. The number of likely N-dealkylation sites (N-methyl/N-ethyl adjacent to an activating group) is 1. The molecule has 1 heterocycles. The number of aliphatic carboxylic acids is 1. The largest absolute Gasteiger partial charge is 0.480 e. The van der Waals surface area contributed by atoms with Crippen LogP contribution in [0.1, 0.15) is 30.9 Å². The molecule has 0 radical (unpaired) electrons. The van der Waals surface area contributed by atoms with Crippen LogP contribution in [0, 0.1) is 0 Å². The van der Waals surface area contributed by atoms with E-state index in [9.17, 15) is 9.90 Å². The summed E-state index contributed by atoms with van der Waals surface area (Å²) in [5.74, 6) is -0.709. The molecule has 0 bridgehead atoms. The average molecular weight is 304 g/mol. The van der Waals surface area contributed by atoms with Crippen molar-refractivity contribution in [3.8, 4) is 0 Å². The molecular formula is C18H28N2O2. The lowest BCUT2D eigenvalue weighted by atomic mass is 10.0. The number of benzene rings is 1. The molecule has 1 aromatic carbocycles. The monoisotopic (exact) mass is 304 g/mol. The van der Waals surface area contributed by atoms with Gasteiger partial charge >= 0.3 is 5.97 Å². The van der Waals surface area contributed by atoms with E-state index in [1.807, 2.05) is 0 Å². The highest BCUT2D eigenvalue weighted by atomic mass is 16.4. The Kier molecular flexibility index (Phi) is 6.40. The molecule has 22 heavy (non-hydrogen) atoms. The van der Waals surface area contributed by atoms with Gasteiger partial charge < -0.3 is 10.0 Å². The molecule has 4 nitrogen and oxygen atoms in total. The fourth-order valence-electron chi connectivity index (χ4n) is 2.95. The molecule has 1 aromatic rings. The zero-order valence-corrected chi connectivity index (χ0v) is 13.8. The minimum absolute atomic E-state index is 0.407. The van der Waals surface area contributed by atoms with Crippen LogP contribution in [0.5, 0.6) is 0 Å². The van der Waals surface area contributed by atoms with Crippen LogP contribution in [-0.2, 0) is 17.6 Å². The van der Waals surface area contributed by atoms with Gasteiger partial charge in [-0.25, -0.2) is 0 Å². The van der Waals surface area contributed by atoms with Crippen molar-refractivity contribution in [2.24, 2.45) is 0 Å². The van der Waals surface area contributed by atoms with Crippen LogP contribution in [0.2, 0.25) is 0 Å². The number of nitrogens with zero attached hydrogens (tertiary/aromatic N) is 2. The molecule has 0 aromatic heterocycles. The van der Waals surface area contributed by atoms with E-state index < -0.39 is 12.0 Å². The number of carboxylic acid groups (broad SMARTS) is 1. The van der Waals surface area contributed by atoms with Gasteiger partial charge in [0.25, 0.3) is 0 Å². The van der Waals surface area contributed by atoms with Crippen LogP contribution in [0.3, 0.4) is 0 Å². The maximum atomic E-state index is 11.6. The molecule has 0 aliphatic carbocycles. The number of aryl methyl sites for hydroxylation is 1. The van der Waals surface area contributed by atoms with Crippen molar-refractivity contribution in [1.29, 1.82) is 0 Å². The summed E-state index contributed by atoms with van der Waals surface area (Å²) in [5, 5.41) is 9.57. The zero-order valence-electron chi connectivity index (χ0n) is 13.8. The molecule has 2 rings (SSSR count). The van der Waals surface area contributed by atoms with Gasteiger partial charge in [0.1, 0.15) is 6.04 Å². The van der Waals surface area contributed by atoms with E-state index in [-0.39, 0.29) is 0 Å². The van der Waals surface area contributed by atoms with Crippen LogP contribution >= 0.6 is 0 Å². The number of carbonyl (C=O) groups is 1. The molecule has 0 saturated carbocycles. The number of hydrogen-bond donors (Lipinski definition) is 1. The second-order valence-electron chi connectivity index (χ2n) is 6.32. The first-order valence-corrected chi connectivity index (χ1v) is 8.33. The highest BCUT2D eigenvalue weighted by Crippen LogP contribution is 2.14. The first-order valence-electron chi connectivity index (χ1n) is 8.33. The molecule has 1 fully saturated rings. The Balaban J connectivity index is 1.97. The Morgan fingerprint density at radius 2 is 1.73 bits per heavy atom. The van der Waals surface area contributed by atoms with E-state index >= 15 is 0 Å². The van der Waals surface area contributed by atoms with Crippen LogP contribution < -0.4 is 0 Å². The molecule has 0 spiro atoms. The lowest BCUT2D eigenvalue weighted by molar-refractivity contribution is -0.144. The van der Waals surface area contributed by atoms with E-state index in [2.05, 4.69) is 48.0 Å². The normalized spacial score (nSPS) is 18.3. The lowest BCUT2D eigenvalue weighted by Gasteiger charge is -2.36. The standard InChI is InChI=1S/C18H28N2O2/c1-3-4-5-15-6-8-16(9-7-15)14-17(18(21)22)20-12-10-19(2)11-13-20/h6-9,17H,3-5,10-14H2,1-2H3,(H,21,22)/t17-/m1/s1. The summed E-state index contributed by atoms with van der Waals surface area (Å²) in [4.78, 5) is 16.0. The van der Waals surface area contributed by atoms with Gasteiger partial charge in [-0.3, -0.25) is 9.69 Å². The first kappa shape index (κ1) is 17.0. The third kappa shape index (κ3) is 4.82. The Morgan fingerprint density at radius 1 is 1.14 bits per heavy atom. The third-order valence-corrected chi connectivity index (χ3v) is 4.53. The SMILES string of the molecule is CCCCc1ccc(C[C@H](C(=O)O)N2CCN(C)CC2)cc1. The molecule has 0 amide bonds. The second-order valence-corrected chi connectivity index (χ2v) is 6.32. The van der Waals surface area contributed by atoms with Crippen molar-refractivity contribution < 1.29 is 9.90 Å². The van der Waals surface area contributed by atoms with Gasteiger partial charge in [-0.1, -0.05) is 37.6 Å². The number of hydrogen-bond acceptors (Lipinski definition) is 3. The van der Waals surface area contributed by atoms with Gasteiger partial charge in [0.2, 0.25) is 0 Å². The molecule has 1 saturated heterocycles. The molecular weight excluding hydrogens is 276 g/mol. The Hall–Kier alpha value is -1.39. The topological polar surface area (TPSA) is 43.8 Å². The van der Waals surface area contributed by atoms with Gasteiger partial charge in [0.05, 0.1) is 0 Å². The highest BCUT2D eigenvalue weighted by molar-refractivity contribution is 5.74. The van der Waals surface area contributed by atoms with E-state index in [1.165, 1.54) is 18.4 Å². The lowest BCUT2D eigenvalue weighted by Crippen LogP contribution is -2.52. The predicted molar refractivity (Wildman–Crippen MR) is 89.3 cm³/mol. The summed E-state index contributed by atoms with van der Waals surface area (Å²) in [6.07, 6.45) is 4.11. The highest BCUT2D eigenvalue weighted by Gasteiger charge is 2.28.